The van der Waals surface area contributed by atoms with Crippen molar-refractivity contribution in [1.29, 1.82) is 0 Å². The van der Waals surface area contributed by atoms with E-state index in [4.69, 9.17) is 9.47 Å². The van der Waals surface area contributed by atoms with Crippen LogP contribution in [0, 0.1) is 5.92 Å². The van der Waals surface area contributed by atoms with Crippen LogP contribution in [-0.4, -0.2) is 69.5 Å². The molecular weight excluding hydrogens is 447 g/mol. The van der Waals surface area contributed by atoms with Crippen LogP contribution in [0.3, 0.4) is 0 Å². The number of rotatable bonds is 7. The minimum Gasteiger partial charge on any atom is -0.444 e. The normalized spacial score (nSPS) is 18.1. The molecule has 26 heavy (non-hydrogen) atoms. The molecule has 0 aliphatic carbocycles. The predicted octanol–water partition coefficient (Wildman–Crippen LogP) is 2.84. The van der Waals surface area contributed by atoms with Crippen molar-refractivity contribution in [1.82, 2.24) is 15.5 Å². The van der Waals surface area contributed by atoms with E-state index in [0.29, 0.717) is 5.92 Å². The van der Waals surface area contributed by atoms with Gasteiger partial charge in [0.15, 0.2) is 5.96 Å². The highest BCUT2D eigenvalue weighted by atomic mass is 127. The summed E-state index contributed by atoms with van der Waals surface area (Å²) in [5.74, 6) is 1.32. The van der Waals surface area contributed by atoms with Crippen molar-refractivity contribution in [3.63, 3.8) is 0 Å². The number of halogens is 1. The van der Waals surface area contributed by atoms with Crippen LogP contribution in [0.2, 0.25) is 0 Å². The fourth-order valence-electron chi connectivity index (χ4n) is 2.83. The molecule has 8 heteroatoms. The molecule has 1 amide bonds. The van der Waals surface area contributed by atoms with Crippen molar-refractivity contribution in [3.8, 4) is 0 Å². The Morgan fingerprint density at radius 3 is 2.58 bits per heavy atom. The van der Waals surface area contributed by atoms with Crippen molar-refractivity contribution in [2.45, 2.75) is 52.1 Å². The average Bonchev–Trinajstić information content (AvgIpc) is 2.56. The van der Waals surface area contributed by atoms with Gasteiger partial charge in [-0.3, -0.25) is 4.99 Å². The van der Waals surface area contributed by atoms with Gasteiger partial charge in [0.25, 0.3) is 0 Å². The van der Waals surface area contributed by atoms with Crippen molar-refractivity contribution in [2.24, 2.45) is 10.9 Å². The Morgan fingerprint density at radius 1 is 1.27 bits per heavy atom. The van der Waals surface area contributed by atoms with E-state index >= 15 is 0 Å². The molecule has 2 N–H and O–H groups in total. The number of piperidine rings is 1. The summed E-state index contributed by atoms with van der Waals surface area (Å²) in [6.45, 7) is 9.70. The Kier molecular flexibility index (Phi) is 13.0. The average molecular weight is 484 g/mol. The lowest BCUT2D eigenvalue weighted by Crippen LogP contribution is -2.44. The number of hydrogen-bond donors (Lipinski definition) is 2. The van der Waals surface area contributed by atoms with Gasteiger partial charge in [-0.05, 0) is 52.4 Å². The maximum absolute atomic E-state index is 12.2. The smallest absolute Gasteiger partial charge is 0.410 e. The summed E-state index contributed by atoms with van der Waals surface area (Å²) >= 11 is 0. The molecule has 1 aliphatic rings. The number of guanidine groups is 1. The van der Waals surface area contributed by atoms with Crippen LogP contribution in [0.4, 0.5) is 4.79 Å². The predicted molar refractivity (Wildman–Crippen MR) is 116 cm³/mol. The number of nitrogens with one attached hydrogen (secondary N) is 2. The largest absolute Gasteiger partial charge is 0.444 e. The maximum atomic E-state index is 12.2. The van der Waals surface area contributed by atoms with Crippen LogP contribution in [0.5, 0.6) is 0 Å². The van der Waals surface area contributed by atoms with E-state index in [2.05, 4.69) is 15.6 Å². The topological polar surface area (TPSA) is 75.2 Å². The van der Waals surface area contributed by atoms with Crippen LogP contribution >= 0.6 is 24.0 Å². The molecule has 0 aromatic heterocycles. The first-order valence-electron chi connectivity index (χ1n) is 9.27. The van der Waals surface area contributed by atoms with Crippen LogP contribution in [0.1, 0.15) is 46.5 Å². The summed E-state index contributed by atoms with van der Waals surface area (Å²) in [6, 6.07) is 0. The Morgan fingerprint density at radius 2 is 1.96 bits per heavy atom. The summed E-state index contributed by atoms with van der Waals surface area (Å²) in [7, 11) is 3.48. The molecule has 0 aromatic rings. The quantitative estimate of drug-likeness (QED) is 0.252. The van der Waals surface area contributed by atoms with E-state index in [-0.39, 0.29) is 30.1 Å². The van der Waals surface area contributed by atoms with E-state index in [0.717, 1.165) is 64.4 Å². The summed E-state index contributed by atoms with van der Waals surface area (Å²) in [6.07, 6.45) is 3.96. The van der Waals surface area contributed by atoms with Gasteiger partial charge in [0.2, 0.25) is 0 Å². The minimum absolute atomic E-state index is 0. The van der Waals surface area contributed by atoms with E-state index in [1.54, 1.807) is 14.2 Å². The van der Waals surface area contributed by atoms with Crippen molar-refractivity contribution < 1.29 is 14.3 Å². The maximum Gasteiger partial charge on any atom is 0.410 e. The third-order valence-corrected chi connectivity index (χ3v) is 4.06. The molecule has 1 rings (SSSR count). The van der Waals surface area contributed by atoms with Crippen LogP contribution < -0.4 is 10.6 Å². The summed E-state index contributed by atoms with van der Waals surface area (Å²) in [5.41, 5.74) is -0.438. The van der Waals surface area contributed by atoms with E-state index in [1.807, 2.05) is 25.7 Å². The van der Waals surface area contributed by atoms with Gasteiger partial charge in [-0.15, -0.1) is 24.0 Å². The van der Waals surface area contributed by atoms with Gasteiger partial charge in [0, 0.05) is 46.9 Å². The number of carbonyl (C=O) groups excluding carboxylic acids is 1. The Bertz CT molecular complexity index is 427. The highest BCUT2D eigenvalue weighted by molar-refractivity contribution is 14.0. The Labute approximate surface area is 175 Å². The molecule has 1 heterocycles. The minimum atomic E-state index is -0.438. The highest BCUT2D eigenvalue weighted by Gasteiger charge is 2.27. The number of hydrogen-bond acceptors (Lipinski definition) is 4. The van der Waals surface area contributed by atoms with Gasteiger partial charge in [0.05, 0.1) is 0 Å². The molecule has 1 aliphatic heterocycles. The molecule has 0 aromatic carbocycles. The first kappa shape index (κ1) is 25.2. The lowest BCUT2D eigenvalue weighted by molar-refractivity contribution is 0.0162. The lowest BCUT2D eigenvalue weighted by Gasteiger charge is -2.34. The molecule has 1 atom stereocenters. The zero-order valence-electron chi connectivity index (χ0n) is 17.0. The summed E-state index contributed by atoms with van der Waals surface area (Å²) in [5, 5.41) is 6.61. The number of likely N-dealkylation sites (tertiary alicyclic amines) is 1. The number of amides is 1. The number of nitrogens with zero attached hydrogens (tertiary/aromatic N) is 2. The number of ether oxygens (including phenoxy) is 2. The second-order valence-corrected chi connectivity index (χ2v) is 7.50. The molecule has 1 saturated heterocycles. The fourth-order valence-corrected chi connectivity index (χ4v) is 2.83. The lowest BCUT2D eigenvalue weighted by atomic mass is 9.95. The van der Waals surface area contributed by atoms with E-state index in [1.165, 1.54) is 0 Å². The fraction of sp³-hybridized carbons (Fsp3) is 0.889. The van der Waals surface area contributed by atoms with Crippen LogP contribution in [0.25, 0.3) is 0 Å². The molecule has 0 radical (unpaired) electrons. The molecule has 1 fully saturated rings. The molecule has 154 valence electrons. The SMILES string of the molecule is CN=C(NCCCOC)NCCC1CCCN(C(=O)OC(C)(C)C)C1.I. The zero-order chi connectivity index (χ0) is 18.7. The third-order valence-electron chi connectivity index (χ3n) is 4.06. The molecule has 0 saturated carbocycles. The highest BCUT2D eigenvalue weighted by Crippen LogP contribution is 2.21. The summed E-state index contributed by atoms with van der Waals surface area (Å²) in [4.78, 5) is 18.3. The van der Waals surface area contributed by atoms with Gasteiger partial charge >= 0.3 is 6.09 Å². The van der Waals surface area contributed by atoms with Gasteiger partial charge in [-0.1, -0.05) is 0 Å². The van der Waals surface area contributed by atoms with Crippen molar-refractivity contribution in [3.05, 3.63) is 0 Å². The first-order chi connectivity index (χ1) is 11.9. The molecule has 0 spiro atoms. The number of methoxy groups -OCH3 is 1. The van der Waals surface area contributed by atoms with Crippen LogP contribution in [0.15, 0.2) is 4.99 Å². The van der Waals surface area contributed by atoms with Gasteiger partial charge in [-0.25, -0.2) is 4.79 Å². The third kappa shape index (κ3) is 11.1. The number of carbonyl (C=O) groups is 1. The first-order valence-corrected chi connectivity index (χ1v) is 9.27. The monoisotopic (exact) mass is 484 g/mol. The molecule has 0 bridgehead atoms. The second kappa shape index (κ2) is 13.4. The molecule has 7 nitrogen and oxygen atoms in total. The molecular formula is C18H37IN4O3. The standard InChI is InChI=1S/C18H36N4O3.HI/c1-18(2,3)25-17(23)22-12-6-8-15(14-22)9-11-21-16(19-4)20-10-7-13-24-5;/h15H,6-14H2,1-5H3,(H2,19,20,21);1H. The van der Waals surface area contributed by atoms with Crippen LogP contribution in [-0.2, 0) is 9.47 Å². The van der Waals surface area contributed by atoms with Gasteiger partial charge < -0.3 is 25.0 Å². The van der Waals surface area contributed by atoms with E-state index < -0.39 is 5.60 Å². The second-order valence-electron chi connectivity index (χ2n) is 7.50. The van der Waals surface area contributed by atoms with E-state index in [9.17, 15) is 4.79 Å². The van der Waals surface area contributed by atoms with Crippen molar-refractivity contribution in [2.75, 3.05) is 46.9 Å². The van der Waals surface area contributed by atoms with Gasteiger partial charge in [-0.2, -0.15) is 0 Å². The molecule has 1 unspecified atom stereocenters. The van der Waals surface area contributed by atoms with Gasteiger partial charge in [0.1, 0.15) is 5.60 Å². The zero-order valence-corrected chi connectivity index (χ0v) is 19.3. The Hall–Kier alpha value is -0.770. The van der Waals surface area contributed by atoms with Crippen molar-refractivity contribution >= 4 is 36.0 Å². The Balaban J connectivity index is 0.00000625. The number of aliphatic imine (C=N–C) groups is 1. The summed E-state index contributed by atoms with van der Waals surface area (Å²) < 4.78 is 10.5.